The lowest BCUT2D eigenvalue weighted by Crippen LogP contribution is -2.48. The smallest absolute Gasteiger partial charge is 0.237 e. The lowest BCUT2D eigenvalue weighted by molar-refractivity contribution is -0.126. The van der Waals surface area contributed by atoms with E-state index in [4.69, 9.17) is 0 Å². The molecule has 0 radical (unpaired) electrons. The molecule has 238 valence electrons. The summed E-state index contributed by atoms with van der Waals surface area (Å²) < 4.78 is 0. The van der Waals surface area contributed by atoms with E-state index < -0.39 is 12.2 Å². The standard InChI is InChI=1S/C33H51N5O5/c39-28-11-14-34-31(41)16-24-12-15-37(27-8-4-5-9-27)21-25(24)10-13-35-33(43)30-17-26(36-32(42)19-29(40)18-28)22-38(30)20-23-6-2-1-3-7-23/h1-3,6-7,24-30,39-40H,4-5,8-22H2,(H,34,41)(H,35,43)(H,36,42)/t24-,25-,26-,28?,29?,30+/m0/s1. The number of hydrogen-bond acceptors (Lipinski definition) is 7. The number of hydrogen-bond donors (Lipinski definition) is 5. The second kappa shape index (κ2) is 15.5. The number of likely N-dealkylation sites (tertiary alicyclic amines) is 2. The average Bonchev–Trinajstić information content (AvgIpc) is 3.64. The fraction of sp³-hybridized carbons (Fsp3) is 0.727. The van der Waals surface area contributed by atoms with E-state index in [-0.39, 0.29) is 48.6 Å². The predicted molar refractivity (Wildman–Crippen MR) is 164 cm³/mol. The van der Waals surface area contributed by atoms with Crippen LogP contribution >= 0.6 is 0 Å². The van der Waals surface area contributed by atoms with Crippen molar-refractivity contribution < 1.29 is 24.6 Å². The Balaban J connectivity index is 1.28. The summed E-state index contributed by atoms with van der Waals surface area (Å²) in [6, 6.07) is 10.1. The number of amides is 3. The molecule has 0 aromatic heterocycles. The van der Waals surface area contributed by atoms with E-state index in [1.165, 1.54) is 25.7 Å². The molecule has 3 heterocycles. The molecule has 6 atom stereocenters. The first-order valence-corrected chi connectivity index (χ1v) is 16.6. The van der Waals surface area contributed by atoms with Gasteiger partial charge in [0.1, 0.15) is 0 Å². The zero-order valence-electron chi connectivity index (χ0n) is 25.5. The van der Waals surface area contributed by atoms with Gasteiger partial charge in [-0.15, -0.1) is 0 Å². The van der Waals surface area contributed by atoms with Crippen molar-refractivity contribution in [1.82, 2.24) is 25.8 Å². The fourth-order valence-corrected chi connectivity index (χ4v) is 7.78. The third kappa shape index (κ3) is 9.23. The largest absolute Gasteiger partial charge is 0.393 e. The zero-order chi connectivity index (χ0) is 30.2. The molecule has 5 rings (SSSR count). The molecule has 0 spiro atoms. The van der Waals surface area contributed by atoms with E-state index in [9.17, 15) is 24.6 Å². The molecule has 3 aliphatic heterocycles. The van der Waals surface area contributed by atoms with Crippen LogP contribution in [0.25, 0.3) is 0 Å². The Morgan fingerprint density at radius 1 is 0.767 bits per heavy atom. The van der Waals surface area contributed by atoms with Gasteiger partial charge in [0, 0.05) is 51.2 Å². The van der Waals surface area contributed by atoms with Gasteiger partial charge >= 0.3 is 0 Å². The topological polar surface area (TPSA) is 134 Å². The summed E-state index contributed by atoms with van der Waals surface area (Å²) in [6.07, 6.45) is 6.34. The number of nitrogens with one attached hydrogen (secondary N) is 3. The van der Waals surface area contributed by atoms with Gasteiger partial charge in [0.25, 0.3) is 0 Å². The summed E-state index contributed by atoms with van der Waals surface area (Å²) in [5, 5.41) is 30.1. The Kier molecular flexibility index (Phi) is 11.5. The number of benzene rings is 1. The first-order valence-electron chi connectivity index (χ1n) is 16.6. The van der Waals surface area contributed by atoms with E-state index >= 15 is 0 Å². The highest BCUT2D eigenvalue weighted by molar-refractivity contribution is 5.82. The van der Waals surface area contributed by atoms with E-state index in [2.05, 4.69) is 25.8 Å². The Hall–Kier alpha value is -2.53. The lowest BCUT2D eigenvalue weighted by atomic mass is 9.80. The van der Waals surface area contributed by atoms with E-state index in [1.54, 1.807) is 0 Å². The number of rotatable bonds is 3. The molecule has 1 aliphatic carbocycles. The first kappa shape index (κ1) is 31.9. The fourth-order valence-electron chi connectivity index (χ4n) is 7.78. The highest BCUT2D eigenvalue weighted by atomic mass is 16.3. The molecule has 2 bridgehead atoms. The number of carbonyl (C=O) groups is 3. The Labute approximate surface area is 256 Å². The minimum absolute atomic E-state index is 0.0107. The highest BCUT2D eigenvalue weighted by Crippen LogP contribution is 2.34. The van der Waals surface area contributed by atoms with Crippen molar-refractivity contribution >= 4 is 17.7 Å². The zero-order valence-corrected chi connectivity index (χ0v) is 25.5. The molecule has 1 aromatic carbocycles. The second-order valence-electron chi connectivity index (χ2n) is 13.3. The molecule has 4 aliphatic rings. The first-order chi connectivity index (χ1) is 20.8. The van der Waals surface area contributed by atoms with Crippen molar-refractivity contribution in [2.75, 3.05) is 32.7 Å². The number of aliphatic hydroxyl groups is 2. The molecular formula is C33H51N5O5. The van der Waals surface area contributed by atoms with Crippen LogP contribution in [0.4, 0.5) is 0 Å². The molecule has 3 saturated heterocycles. The van der Waals surface area contributed by atoms with E-state index in [0.717, 1.165) is 31.5 Å². The lowest BCUT2D eigenvalue weighted by Gasteiger charge is -2.41. The predicted octanol–water partition coefficient (Wildman–Crippen LogP) is 1.54. The van der Waals surface area contributed by atoms with Gasteiger partial charge in [-0.2, -0.15) is 0 Å². The molecule has 2 unspecified atom stereocenters. The van der Waals surface area contributed by atoms with Crippen LogP contribution in [0.15, 0.2) is 30.3 Å². The Morgan fingerprint density at radius 3 is 2.33 bits per heavy atom. The molecule has 1 aromatic rings. The van der Waals surface area contributed by atoms with Crippen molar-refractivity contribution in [3.63, 3.8) is 0 Å². The van der Waals surface area contributed by atoms with Gasteiger partial charge in [0.05, 0.1) is 24.7 Å². The molecule has 1 saturated carbocycles. The maximum Gasteiger partial charge on any atom is 0.237 e. The van der Waals surface area contributed by atoms with Crippen molar-refractivity contribution in [3.8, 4) is 0 Å². The molecule has 5 N–H and O–H groups in total. The van der Waals surface area contributed by atoms with Crippen LogP contribution in [0, 0.1) is 11.8 Å². The van der Waals surface area contributed by atoms with Gasteiger partial charge in [-0.25, -0.2) is 0 Å². The summed E-state index contributed by atoms with van der Waals surface area (Å²) in [4.78, 5) is 44.0. The summed E-state index contributed by atoms with van der Waals surface area (Å²) in [5.41, 5.74) is 1.11. The van der Waals surface area contributed by atoms with Gasteiger partial charge in [0.2, 0.25) is 17.7 Å². The molecule has 3 amide bonds. The summed E-state index contributed by atoms with van der Waals surface area (Å²) in [7, 11) is 0. The highest BCUT2D eigenvalue weighted by Gasteiger charge is 2.38. The monoisotopic (exact) mass is 597 g/mol. The summed E-state index contributed by atoms with van der Waals surface area (Å²) in [6.45, 7) is 4.04. The molecule has 43 heavy (non-hydrogen) atoms. The molecule has 10 nitrogen and oxygen atoms in total. The van der Waals surface area contributed by atoms with Crippen LogP contribution in [0.5, 0.6) is 0 Å². The minimum atomic E-state index is -0.983. The Morgan fingerprint density at radius 2 is 1.53 bits per heavy atom. The van der Waals surface area contributed by atoms with Gasteiger partial charge in [0.15, 0.2) is 0 Å². The van der Waals surface area contributed by atoms with Gasteiger partial charge in [-0.3, -0.25) is 19.3 Å². The van der Waals surface area contributed by atoms with Gasteiger partial charge in [-0.1, -0.05) is 43.2 Å². The van der Waals surface area contributed by atoms with Crippen LogP contribution in [-0.4, -0.2) is 101 Å². The van der Waals surface area contributed by atoms with Crippen LogP contribution in [-0.2, 0) is 20.9 Å². The SMILES string of the molecule is O=C1C[C@@H]2CCN(C3CCCC3)C[C@@H]2CCNC(=O)[C@H]2C[C@@H](CN2Cc2ccccc2)NC(=O)CC(O)CC(O)CCN1. The maximum absolute atomic E-state index is 13.6. The quantitative estimate of drug-likeness (QED) is 0.357. The third-order valence-electron chi connectivity index (χ3n) is 10.1. The van der Waals surface area contributed by atoms with Crippen molar-refractivity contribution in [2.45, 2.75) is 108 Å². The van der Waals surface area contributed by atoms with Crippen LogP contribution in [0.2, 0.25) is 0 Å². The number of aliphatic hydroxyl groups excluding tert-OH is 2. The van der Waals surface area contributed by atoms with E-state index in [0.29, 0.717) is 57.4 Å². The van der Waals surface area contributed by atoms with Crippen molar-refractivity contribution in [3.05, 3.63) is 35.9 Å². The number of fused-ring (bicyclic) bond motifs is 3. The number of nitrogens with zero attached hydrogens (tertiary/aromatic N) is 2. The second-order valence-corrected chi connectivity index (χ2v) is 13.3. The Bertz CT molecular complexity index is 1070. The van der Waals surface area contributed by atoms with E-state index in [1.807, 2.05) is 30.3 Å². The molecule has 10 heteroatoms. The van der Waals surface area contributed by atoms with Crippen molar-refractivity contribution in [2.24, 2.45) is 11.8 Å². The van der Waals surface area contributed by atoms with Gasteiger partial charge in [-0.05, 0) is 68.9 Å². The summed E-state index contributed by atoms with van der Waals surface area (Å²) >= 11 is 0. The number of carbonyl (C=O) groups excluding carboxylic acids is 3. The average molecular weight is 598 g/mol. The minimum Gasteiger partial charge on any atom is -0.393 e. The normalized spacial score (nSPS) is 33.3. The number of piperidine rings is 1. The third-order valence-corrected chi connectivity index (χ3v) is 10.1. The van der Waals surface area contributed by atoms with Crippen LogP contribution < -0.4 is 16.0 Å². The molecule has 4 fully saturated rings. The molecular weight excluding hydrogens is 546 g/mol. The van der Waals surface area contributed by atoms with Crippen LogP contribution in [0.3, 0.4) is 0 Å². The van der Waals surface area contributed by atoms with Gasteiger partial charge < -0.3 is 31.1 Å². The maximum atomic E-state index is 13.6. The van der Waals surface area contributed by atoms with Crippen molar-refractivity contribution in [1.29, 1.82) is 0 Å². The van der Waals surface area contributed by atoms with Crippen LogP contribution in [0.1, 0.15) is 76.2 Å². The summed E-state index contributed by atoms with van der Waals surface area (Å²) in [5.74, 6) is 0.255.